The molecule has 1 fully saturated rings. The second-order valence-electron chi connectivity index (χ2n) is 6.69. The van der Waals surface area contributed by atoms with Crippen molar-refractivity contribution < 1.29 is 0 Å². The van der Waals surface area contributed by atoms with E-state index in [1.54, 1.807) is 0 Å². The molecular formula is C17H26Cl2N2. The molecule has 1 saturated carbocycles. The molecule has 0 amide bonds. The van der Waals surface area contributed by atoms with Gasteiger partial charge in [0, 0.05) is 21.6 Å². The van der Waals surface area contributed by atoms with E-state index in [0.29, 0.717) is 0 Å². The predicted octanol–water partition coefficient (Wildman–Crippen LogP) is 4.37. The number of benzene rings is 1. The third kappa shape index (κ3) is 3.56. The van der Waals surface area contributed by atoms with E-state index in [9.17, 15) is 0 Å². The lowest BCUT2D eigenvalue weighted by Gasteiger charge is -2.48. The summed E-state index contributed by atoms with van der Waals surface area (Å²) in [5.41, 5.74) is 7.67. The summed E-state index contributed by atoms with van der Waals surface area (Å²) in [5, 5.41) is 1.44. The molecule has 0 aromatic heterocycles. The monoisotopic (exact) mass is 328 g/mol. The Kier molecular flexibility index (Phi) is 5.59. The molecule has 0 bridgehead atoms. The zero-order chi connectivity index (χ0) is 15.6. The summed E-state index contributed by atoms with van der Waals surface area (Å²) in [6.45, 7) is 2.33. The standard InChI is InChI=1S/C17H26Cl2N2/c1-12-7-9-17(10-8-12,21(2)3)16(20)11-13-14(18)5-4-6-15(13)19/h4-6,12,16H,7-11,20H2,1-3H3. The van der Waals surface area contributed by atoms with Gasteiger partial charge in [-0.1, -0.05) is 36.2 Å². The van der Waals surface area contributed by atoms with E-state index in [1.165, 1.54) is 12.8 Å². The molecule has 1 unspecified atom stereocenters. The number of nitrogens with zero attached hydrogens (tertiary/aromatic N) is 1. The van der Waals surface area contributed by atoms with Crippen molar-refractivity contribution in [2.75, 3.05) is 14.1 Å². The first-order chi connectivity index (χ1) is 9.86. The number of rotatable bonds is 4. The molecular weight excluding hydrogens is 303 g/mol. The maximum absolute atomic E-state index is 6.64. The fourth-order valence-corrected chi connectivity index (χ4v) is 4.10. The van der Waals surface area contributed by atoms with Crippen LogP contribution < -0.4 is 5.73 Å². The zero-order valence-electron chi connectivity index (χ0n) is 13.2. The van der Waals surface area contributed by atoms with Gasteiger partial charge in [0.25, 0.3) is 0 Å². The van der Waals surface area contributed by atoms with Crippen LogP contribution in [-0.2, 0) is 6.42 Å². The largest absolute Gasteiger partial charge is 0.326 e. The quantitative estimate of drug-likeness (QED) is 0.888. The van der Waals surface area contributed by atoms with Gasteiger partial charge in [-0.05, 0) is 69.8 Å². The van der Waals surface area contributed by atoms with Gasteiger partial charge in [-0.15, -0.1) is 0 Å². The highest BCUT2D eigenvalue weighted by Gasteiger charge is 2.41. The van der Waals surface area contributed by atoms with Gasteiger partial charge >= 0.3 is 0 Å². The number of nitrogens with two attached hydrogens (primary N) is 1. The highest BCUT2D eigenvalue weighted by atomic mass is 35.5. The van der Waals surface area contributed by atoms with E-state index in [0.717, 1.165) is 40.8 Å². The molecule has 1 aromatic carbocycles. The lowest BCUT2D eigenvalue weighted by Crippen LogP contribution is -2.59. The fraction of sp³-hybridized carbons (Fsp3) is 0.647. The Morgan fingerprint density at radius 3 is 2.24 bits per heavy atom. The molecule has 21 heavy (non-hydrogen) atoms. The molecule has 2 N–H and O–H groups in total. The molecule has 0 saturated heterocycles. The van der Waals surface area contributed by atoms with Crippen molar-refractivity contribution in [3.05, 3.63) is 33.8 Å². The minimum absolute atomic E-state index is 0.0393. The number of halogens is 2. The summed E-state index contributed by atoms with van der Waals surface area (Å²) in [4.78, 5) is 2.31. The van der Waals surface area contributed by atoms with Crippen molar-refractivity contribution in [3.63, 3.8) is 0 Å². The Morgan fingerprint density at radius 1 is 1.24 bits per heavy atom. The van der Waals surface area contributed by atoms with Crippen molar-refractivity contribution in [2.24, 2.45) is 11.7 Å². The van der Waals surface area contributed by atoms with Gasteiger partial charge in [-0.2, -0.15) is 0 Å². The van der Waals surface area contributed by atoms with E-state index in [1.807, 2.05) is 18.2 Å². The fourth-order valence-electron chi connectivity index (χ4n) is 3.55. The van der Waals surface area contributed by atoms with Gasteiger partial charge in [0.1, 0.15) is 0 Å². The van der Waals surface area contributed by atoms with Crippen LogP contribution in [0.2, 0.25) is 10.0 Å². The Bertz CT molecular complexity index is 459. The van der Waals surface area contributed by atoms with Gasteiger partial charge in [0.15, 0.2) is 0 Å². The Morgan fingerprint density at radius 2 is 1.76 bits per heavy atom. The molecule has 118 valence electrons. The Labute approximate surface area is 138 Å². The Balaban J connectivity index is 2.22. The number of hydrogen-bond acceptors (Lipinski definition) is 2. The van der Waals surface area contributed by atoms with E-state index in [4.69, 9.17) is 28.9 Å². The van der Waals surface area contributed by atoms with Crippen LogP contribution >= 0.6 is 23.2 Å². The molecule has 0 aliphatic heterocycles. The average Bonchev–Trinajstić information content (AvgIpc) is 2.43. The van der Waals surface area contributed by atoms with Crippen LogP contribution in [0.1, 0.15) is 38.2 Å². The molecule has 1 aliphatic carbocycles. The van der Waals surface area contributed by atoms with E-state index >= 15 is 0 Å². The average molecular weight is 329 g/mol. The molecule has 0 spiro atoms. The van der Waals surface area contributed by atoms with Gasteiger partial charge < -0.3 is 10.6 Å². The highest BCUT2D eigenvalue weighted by molar-refractivity contribution is 6.36. The van der Waals surface area contributed by atoms with E-state index in [-0.39, 0.29) is 11.6 Å². The van der Waals surface area contributed by atoms with Crippen molar-refractivity contribution in [2.45, 2.75) is 50.6 Å². The van der Waals surface area contributed by atoms with Gasteiger partial charge in [-0.25, -0.2) is 0 Å². The predicted molar refractivity (Wildman–Crippen MR) is 92.2 cm³/mol. The summed E-state index contributed by atoms with van der Waals surface area (Å²) in [5.74, 6) is 0.800. The van der Waals surface area contributed by atoms with Gasteiger partial charge in [-0.3, -0.25) is 0 Å². The van der Waals surface area contributed by atoms with Crippen LogP contribution in [0.5, 0.6) is 0 Å². The lowest BCUT2D eigenvalue weighted by molar-refractivity contribution is 0.0568. The summed E-state index contributed by atoms with van der Waals surface area (Å²) >= 11 is 12.6. The molecule has 1 aromatic rings. The van der Waals surface area contributed by atoms with Crippen LogP contribution in [0.15, 0.2) is 18.2 Å². The van der Waals surface area contributed by atoms with Crippen molar-refractivity contribution in [1.29, 1.82) is 0 Å². The van der Waals surface area contributed by atoms with Crippen molar-refractivity contribution >= 4 is 23.2 Å². The molecule has 2 rings (SSSR count). The minimum atomic E-state index is 0.0393. The lowest BCUT2D eigenvalue weighted by atomic mass is 9.71. The molecule has 1 atom stereocenters. The van der Waals surface area contributed by atoms with Crippen molar-refractivity contribution in [3.8, 4) is 0 Å². The van der Waals surface area contributed by atoms with Crippen molar-refractivity contribution in [1.82, 2.24) is 4.90 Å². The highest BCUT2D eigenvalue weighted by Crippen LogP contribution is 2.39. The van der Waals surface area contributed by atoms with Gasteiger partial charge in [0.2, 0.25) is 0 Å². The molecule has 2 nitrogen and oxygen atoms in total. The smallest absolute Gasteiger partial charge is 0.0453 e. The molecule has 4 heteroatoms. The first-order valence-electron chi connectivity index (χ1n) is 7.72. The Hall–Kier alpha value is -0.280. The summed E-state index contributed by atoms with van der Waals surface area (Å²) in [6, 6.07) is 5.70. The minimum Gasteiger partial charge on any atom is -0.326 e. The second kappa shape index (κ2) is 6.87. The van der Waals surface area contributed by atoms with Crippen LogP contribution in [0.3, 0.4) is 0 Å². The molecule has 0 radical (unpaired) electrons. The van der Waals surface area contributed by atoms with E-state index in [2.05, 4.69) is 25.9 Å². The molecule has 1 aliphatic rings. The third-order valence-corrected chi connectivity index (χ3v) is 5.91. The van der Waals surface area contributed by atoms with Gasteiger partial charge in [0.05, 0.1) is 0 Å². The first kappa shape index (κ1) is 17.1. The maximum atomic E-state index is 6.64. The van der Waals surface area contributed by atoms with Crippen LogP contribution in [0, 0.1) is 5.92 Å². The van der Waals surface area contributed by atoms with Crippen LogP contribution in [0.4, 0.5) is 0 Å². The second-order valence-corrected chi connectivity index (χ2v) is 7.51. The SMILES string of the molecule is CC1CCC(C(N)Cc2c(Cl)cccc2Cl)(N(C)C)CC1. The number of likely N-dealkylation sites (N-methyl/N-ethyl adjacent to an activating group) is 1. The zero-order valence-corrected chi connectivity index (χ0v) is 14.7. The normalized spacial score (nSPS) is 27.9. The first-order valence-corrected chi connectivity index (χ1v) is 8.48. The molecule has 0 heterocycles. The number of hydrogen-bond donors (Lipinski definition) is 1. The summed E-state index contributed by atoms with van der Waals surface area (Å²) < 4.78 is 0. The maximum Gasteiger partial charge on any atom is 0.0453 e. The topological polar surface area (TPSA) is 29.3 Å². The summed E-state index contributed by atoms with van der Waals surface area (Å²) in [6.07, 6.45) is 5.49. The van der Waals surface area contributed by atoms with E-state index < -0.39 is 0 Å². The van der Waals surface area contributed by atoms with Crippen LogP contribution in [0.25, 0.3) is 0 Å². The van der Waals surface area contributed by atoms with Crippen LogP contribution in [-0.4, -0.2) is 30.6 Å². The summed E-state index contributed by atoms with van der Waals surface area (Å²) in [7, 11) is 4.29. The third-order valence-electron chi connectivity index (χ3n) is 5.21.